The second-order valence-electron chi connectivity index (χ2n) is 10.1. The first kappa shape index (κ1) is 26.7. The van der Waals surface area contributed by atoms with Gasteiger partial charge in [-0.1, -0.05) is 65.9 Å². The van der Waals surface area contributed by atoms with Crippen molar-refractivity contribution in [1.29, 1.82) is 0 Å². The van der Waals surface area contributed by atoms with E-state index in [1.54, 1.807) is 53.6 Å². The van der Waals surface area contributed by atoms with Crippen LogP contribution in [-0.2, 0) is 10.1 Å². The van der Waals surface area contributed by atoms with E-state index >= 15 is 0 Å². The van der Waals surface area contributed by atoms with Gasteiger partial charge < -0.3 is 4.90 Å². The SMILES string of the molecule is Cc1ccc(S(=O)(=O)O[n+]2ccc(C=CC3Sc4cc(-c5nc6ccccc6s5)ccc4N3C)c3ccccc32)cc1. The number of thiazole rings is 1. The van der Waals surface area contributed by atoms with Crippen LogP contribution in [0.15, 0.2) is 119 Å². The maximum Gasteiger partial charge on any atom is 0.396 e. The smallest absolute Gasteiger partial charge is 0.358 e. The van der Waals surface area contributed by atoms with Crippen molar-refractivity contribution >= 4 is 66.1 Å². The summed E-state index contributed by atoms with van der Waals surface area (Å²) in [5.74, 6) is 0. The van der Waals surface area contributed by atoms with Crippen molar-refractivity contribution in [3.05, 3.63) is 120 Å². The van der Waals surface area contributed by atoms with Crippen LogP contribution in [0.1, 0.15) is 11.1 Å². The number of hydrogen-bond donors (Lipinski definition) is 0. The molecule has 1 atom stereocenters. The Labute approximate surface area is 252 Å². The molecule has 0 saturated carbocycles. The van der Waals surface area contributed by atoms with Gasteiger partial charge in [-0.3, -0.25) is 0 Å². The van der Waals surface area contributed by atoms with Crippen molar-refractivity contribution in [2.75, 3.05) is 11.9 Å². The first-order valence-corrected chi connectivity index (χ1v) is 16.5. The molecular formula is C33H26N3O3S3+. The lowest BCUT2D eigenvalue weighted by Crippen LogP contribution is -2.46. The third-order valence-corrected chi connectivity index (χ3v) is 10.9. The molecule has 0 amide bonds. The molecule has 7 rings (SSSR count). The highest BCUT2D eigenvalue weighted by Gasteiger charge is 2.27. The van der Waals surface area contributed by atoms with Crippen molar-refractivity contribution < 1.29 is 17.4 Å². The summed E-state index contributed by atoms with van der Waals surface area (Å²) in [7, 11) is -1.89. The number of benzene rings is 4. The van der Waals surface area contributed by atoms with Gasteiger partial charge in [0.05, 0.1) is 26.7 Å². The number of anilines is 1. The summed E-state index contributed by atoms with van der Waals surface area (Å²) in [6.07, 6.45) is 5.92. The molecule has 42 heavy (non-hydrogen) atoms. The fourth-order valence-corrected chi connectivity index (χ4v) is 8.10. The number of fused-ring (bicyclic) bond motifs is 3. The summed E-state index contributed by atoms with van der Waals surface area (Å²) in [6.45, 7) is 1.91. The van der Waals surface area contributed by atoms with Crippen LogP contribution < -0.4 is 13.9 Å². The van der Waals surface area contributed by atoms with Crippen molar-refractivity contribution in [2.24, 2.45) is 0 Å². The number of pyridine rings is 1. The minimum atomic E-state index is -4.00. The maximum absolute atomic E-state index is 13.0. The van der Waals surface area contributed by atoms with E-state index in [1.807, 2.05) is 49.4 Å². The van der Waals surface area contributed by atoms with Gasteiger partial charge in [-0.2, -0.15) is 8.42 Å². The summed E-state index contributed by atoms with van der Waals surface area (Å²) in [6, 6.07) is 30.9. The zero-order chi connectivity index (χ0) is 28.8. The molecule has 0 spiro atoms. The zero-order valence-corrected chi connectivity index (χ0v) is 25.3. The fourth-order valence-electron chi connectivity index (χ4n) is 5.02. The van der Waals surface area contributed by atoms with Gasteiger partial charge in [0.15, 0.2) is 0 Å². The highest BCUT2D eigenvalue weighted by atomic mass is 32.2. The lowest BCUT2D eigenvalue weighted by atomic mass is 10.1. The average molecular weight is 609 g/mol. The molecule has 3 heterocycles. The first-order chi connectivity index (χ1) is 20.4. The largest absolute Gasteiger partial charge is 0.396 e. The van der Waals surface area contributed by atoms with Gasteiger partial charge in [-0.05, 0) is 61.0 Å². The van der Waals surface area contributed by atoms with Crippen LogP contribution >= 0.6 is 23.1 Å². The Morgan fingerprint density at radius 1 is 0.952 bits per heavy atom. The van der Waals surface area contributed by atoms with Crippen LogP contribution in [0.4, 0.5) is 5.69 Å². The topological polar surface area (TPSA) is 63.4 Å². The Balaban J connectivity index is 1.15. The number of likely N-dealkylation sites (N-methyl/N-ethyl adjacent to an activating group) is 1. The Kier molecular flexibility index (Phi) is 6.73. The molecule has 1 aliphatic heterocycles. The molecule has 6 nitrogen and oxygen atoms in total. The molecule has 6 aromatic rings. The molecule has 0 saturated heterocycles. The van der Waals surface area contributed by atoms with E-state index in [-0.39, 0.29) is 10.3 Å². The number of nitrogens with zero attached hydrogens (tertiary/aromatic N) is 3. The highest BCUT2D eigenvalue weighted by Crippen LogP contribution is 2.45. The number of rotatable bonds is 6. The molecule has 0 radical (unpaired) electrons. The number of thioether (sulfide) groups is 1. The van der Waals surface area contributed by atoms with Gasteiger partial charge in [-0.25, -0.2) is 4.98 Å². The average Bonchev–Trinajstić information content (AvgIpc) is 3.57. The second kappa shape index (κ2) is 10.6. The molecule has 1 unspecified atom stereocenters. The molecule has 0 fully saturated rings. The van der Waals surface area contributed by atoms with Crippen molar-refractivity contribution in [3.63, 3.8) is 0 Å². The first-order valence-electron chi connectivity index (χ1n) is 13.4. The van der Waals surface area contributed by atoms with Gasteiger partial charge in [0.2, 0.25) is 6.20 Å². The molecule has 0 bridgehead atoms. The summed E-state index contributed by atoms with van der Waals surface area (Å²) in [5.41, 5.74) is 5.94. The van der Waals surface area contributed by atoms with Crippen LogP contribution in [0.2, 0.25) is 0 Å². The predicted molar refractivity (Wildman–Crippen MR) is 171 cm³/mol. The van der Waals surface area contributed by atoms with Gasteiger partial charge in [-0.15, -0.1) is 15.6 Å². The maximum atomic E-state index is 13.0. The molecule has 9 heteroatoms. The van der Waals surface area contributed by atoms with E-state index in [0.29, 0.717) is 5.52 Å². The standard InChI is InChI=1S/C33H26N3O3S3/c1-22-11-15-25(16-12-22)42(37,38)39-36-20-19-23(26-7-3-5-9-28(26)36)14-18-32-35(2)29-17-13-24(21-31(29)40-32)33-34-27-8-4-6-10-30(27)41-33/h3-21,32H,1-2H3/q+1. The van der Waals surface area contributed by atoms with E-state index < -0.39 is 10.1 Å². The molecule has 2 aromatic heterocycles. The molecule has 4 aromatic carbocycles. The number of aryl methyl sites for hydroxylation is 1. The summed E-state index contributed by atoms with van der Waals surface area (Å²) < 4.78 is 34.0. The second-order valence-corrected chi connectivity index (χ2v) is 13.8. The number of hydrogen-bond acceptors (Lipinski definition) is 7. The van der Waals surface area contributed by atoms with Gasteiger partial charge in [0.1, 0.15) is 9.90 Å². The Hall–Kier alpha value is -4.18. The van der Waals surface area contributed by atoms with Crippen molar-refractivity contribution in [2.45, 2.75) is 22.1 Å². The fraction of sp³-hybridized carbons (Fsp3) is 0.0909. The van der Waals surface area contributed by atoms with Gasteiger partial charge in [0, 0.05) is 34.4 Å². The van der Waals surface area contributed by atoms with Crippen molar-refractivity contribution in [1.82, 2.24) is 4.98 Å². The van der Waals surface area contributed by atoms with Crippen LogP contribution in [0.5, 0.6) is 0 Å². The van der Waals surface area contributed by atoms with E-state index in [9.17, 15) is 8.42 Å². The van der Waals surface area contributed by atoms with E-state index in [4.69, 9.17) is 9.27 Å². The minimum Gasteiger partial charge on any atom is -0.358 e. The molecule has 0 N–H and O–H groups in total. The number of aromatic nitrogens is 2. The Bertz CT molecular complexity index is 2070. The molecular weight excluding hydrogens is 583 g/mol. The van der Waals surface area contributed by atoms with Crippen LogP contribution in [0.3, 0.4) is 0 Å². The van der Waals surface area contributed by atoms with Crippen LogP contribution in [0.25, 0.3) is 37.8 Å². The Morgan fingerprint density at radius 2 is 1.74 bits per heavy atom. The normalized spacial score (nSPS) is 15.1. The lowest BCUT2D eigenvalue weighted by molar-refractivity contribution is -0.835. The van der Waals surface area contributed by atoms with Crippen molar-refractivity contribution in [3.8, 4) is 10.6 Å². The van der Waals surface area contributed by atoms with Crippen LogP contribution in [-0.4, -0.2) is 25.8 Å². The third-order valence-electron chi connectivity index (χ3n) is 7.28. The van der Waals surface area contributed by atoms with Gasteiger partial charge in [0.25, 0.3) is 5.52 Å². The third kappa shape index (κ3) is 4.93. The molecule has 208 valence electrons. The van der Waals surface area contributed by atoms with Crippen LogP contribution in [0, 0.1) is 6.92 Å². The monoisotopic (exact) mass is 608 g/mol. The quantitative estimate of drug-likeness (QED) is 0.188. The zero-order valence-electron chi connectivity index (χ0n) is 22.8. The summed E-state index contributed by atoms with van der Waals surface area (Å²) >= 11 is 3.51. The van der Waals surface area contributed by atoms with E-state index in [0.717, 1.165) is 32.6 Å². The summed E-state index contributed by atoms with van der Waals surface area (Å²) in [4.78, 5) is 8.43. The highest BCUT2D eigenvalue weighted by molar-refractivity contribution is 8.00. The number of para-hydroxylation sites is 2. The Morgan fingerprint density at radius 3 is 2.57 bits per heavy atom. The van der Waals surface area contributed by atoms with E-state index in [1.165, 1.54) is 20.0 Å². The molecule has 0 aliphatic carbocycles. The lowest BCUT2D eigenvalue weighted by Gasteiger charge is -2.18. The molecule has 1 aliphatic rings. The minimum absolute atomic E-state index is 0.106. The van der Waals surface area contributed by atoms with Gasteiger partial charge >= 0.3 is 10.1 Å². The van der Waals surface area contributed by atoms with E-state index in [2.05, 4.69) is 54.4 Å². The summed E-state index contributed by atoms with van der Waals surface area (Å²) in [5, 5.41) is 2.02. The predicted octanol–water partition coefficient (Wildman–Crippen LogP) is 7.11.